The van der Waals surface area contributed by atoms with Gasteiger partial charge in [0.25, 0.3) is 0 Å². The van der Waals surface area contributed by atoms with Crippen LogP contribution in [-0.4, -0.2) is 62.2 Å². The van der Waals surface area contributed by atoms with Crippen molar-refractivity contribution < 1.29 is 9.90 Å². The third-order valence-corrected chi connectivity index (χ3v) is 4.62. The quantitative estimate of drug-likeness (QED) is 0.740. The van der Waals surface area contributed by atoms with Crippen molar-refractivity contribution in [2.45, 2.75) is 0 Å². The Bertz CT molecular complexity index is 960. The van der Waals surface area contributed by atoms with E-state index in [1.807, 2.05) is 17.0 Å². The molecule has 4 heterocycles. The highest BCUT2D eigenvalue weighted by Gasteiger charge is 2.24. The second-order valence-electron chi connectivity index (χ2n) is 5.88. The van der Waals surface area contributed by atoms with Gasteiger partial charge in [-0.3, -0.25) is 9.97 Å². The predicted octanol–water partition coefficient (Wildman–Crippen LogP) is 2.54. The van der Waals surface area contributed by atoms with Crippen LogP contribution in [0.2, 0.25) is 5.02 Å². The second kappa shape index (κ2) is 6.72. The van der Waals surface area contributed by atoms with Crippen LogP contribution >= 0.6 is 11.6 Å². The van der Waals surface area contributed by atoms with Gasteiger partial charge >= 0.3 is 6.09 Å². The van der Waals surface area contributed by atoms with Crippen LogP contribution in [0.3, 0.4) is 0 Å². The van der Waals surface area contributed by atoms with Crippen LogP contribution < -0.4 is 4.90 Å². The average Bonchev–Trinajstić information content (AvgIpc) is 2.68. The number of carboxylic acid groups (broad SMARTS) is 1. The van der Waals surface area contributed by atoms with Crippen molar-refractivity contribution >= 4 is 34.4 Å². The van der Waals surface area contributed by atoms with Crippen LogP contribution in [0.25, 0.3) is 22.3 Å². The minimum absolute atomic E-state index is 0.411. The van der Waals surface area contributed by atoms with E-state index in [1.54, 1.807) is 24.8 Å². The molecule has 1 N–H and O–H groups in total. The van der Waals surface area contributed by atoms with Gasteiger partial charge in [0.05, 0.1) is 22.1 Å². The fourth-order valence-corrected chi connectivity index (χ4v) is 3.23. The molecule has 0 atom stereocenters. The number of carbonyl (C=O) groups is 1. The maximum atomic E-state index is 11.1. The molecule has 1 saturated heterocycles. The molecule has 132 valence electrons. The first-order chi connectivity index (χ1) is 12.6. The van der Waals surface area contributed by atoms with Crippen molar-refractivity contribution in [3.63, 3.8) is 0 Å². The summed E-state index contributed by atoms with van der Waals surface area (Å²) in [5, 5.41) is 10.3. The molecule has 0 spiro atoms. The molecule has 0 unspecified atom stereocenters. The zero-order chi connectivity index (χ0) is 18.1. The summed E-state index contributed by atoms with van der Waals surface area (Å²) in [5.74, 6) is 1.25. The Morgan fingerprint density at radius 3 is 2.46 bits per heavy atom. The zero-order valence-electron chi connectivity index (χ0n) is 13.7. The van der Waals surface area contributed by atoms with E-state index in [1.165, 1.54) is 4.90 Å². The van der Waals surface area contributed by atoms with Crippen LogP contribution in [-0.2, 0) is 0 Å². The highest BCUT2D eigenvalue weighted by atomic mass is 35.5. The SMILES string of the molecule is O=C(O)N1CCN(c2nc(-c3ccncc3)nc3cncc(Cl)c23)CC1. The molecule has 0 saturated carbocycles. The topological polar surface area (TPSA) is 95.3 Å². The number of piperazine rings is 1. The van der Waals surface area contributed by atoms with E-state index in [0.29, 0.717) is 48.4 Å². The first-order valence-electron chi connectivity index (χ1n) is 8.08. The number of nitrogens with zero attached hydrogens (tertiary/aromatic N) is 6. The third-order valence-electron chi connectivity index (χ3n) is 4.33. The lowest BCUT2D eigenvalue weighted by atomic mass is 10.2. The average molecular weight is 371 g/mol. The maximum absolute atomic E-state index is 11.1. The van der Waals surface area contributed by atoms with Crippen molar-refractivity contribution in [1.82, 2.24) is 24.8 Å². The summed E-state index contributed by atoms with van der Waals surface area (Å²) in [6.07, 6.45) is 5.69. The van der Waals surface area contributed by atoms with E-state index in [4.69, 9.17) is 21.7 Å². The fourth-order valence-electron chi connectivity index (χ4n) is 2.99. The largest absolute Gasteiger partial charge is 0.465 e. The fraction of sp³-hybridized carbons (Fsp3) is 0.235. The molecule has 1 aliphatic heterocycles. The normalized spacial score (nSPS) is 14.7. The van der Waals surface area contributed by atoms with E-state index in [0.717, 1.165) is 10.9 Å². The third kappa shape index (κ3) is 2.99. The highest BCUT2D eigenvalue weighted by Crippen LogP contribution is 2.32. The van der Waals surface area contributed by atoms with E-state index in [9.17, 15) is 4.79 Å². The lowest BCUT2D eigenvalue weighted by Gasteiger charge is -2.34. The smallest absolute Gasteiger partial charge is 0.407 e. The Morgan fingerprint density at radius 1 is 1.04 bits per heavy atom. The number of hydrogen-bond donors (Lipinski definition) is 1. The number of fused-ring (bicyclic) bond motifs is 1. The summed E-state index contributed by atoms with van der Waals surface area (Å²) in [7, 11) is 0. The summed E-state index contributed by atoms with van der Waals surface area (Å²) in [6, 6.07) is 3.68. The minimum Gasteiger partial charge on any atom is -0.465 e. The Morgan fingerprint density at radius 2 is 1.77 bits per heavy atom. The molecule has 8 nitrogen and oxygen atoms in total. The van der Waals surface area contributed by atoms with Crippen LogP contribution in [0, 0.1) is 0 Å². The Labute approximate surface area is 154 Å². The number of amides is 1. The Kier molecular flexibility index (Phi) is 4.26. The van der Waals surface area contributed by atoms with Crippen LogP contribution in [0.4, 0.5) is 10.6 Å². The molecule has 0 radical (unpaired) electrons. The number of pyridine rings is 2. The molecule has 0 bridgehead atoms. The Hall–Kier alpha value is -3.00. The van der Waals surface area contributed by atoms with E-state index < -0.39 is 6.09 Å². The maximum Gasteiger partial charge on any atom is 0.407 e. The van der Waals surface area contributed by atoms with Crippen LogP contribution in [0.5, 0.6) is 0 Å². The van der Waals surface area contributed by atoms with Gasteiger partial charge in [0.1, 0.15) is 5.82 Å². The summed E-state index contributed by atoms with van der Waals surface area (Å²) < 4.78 is 0. The highest BCUT2D eigenvalue weighted by molar-refractivity contribution is 6.36. The van der Waals surface area contributed by atoms with Crippen molar-refractivity contribution in [2.24, 2.45) is 0 Å². The number of rotatable bonds is 2. The van der Waals surface area contributed by atoms with Gasteiger partial charge in [-0.2, -0.15) is 0 Å². The predicted molar refractivity (Wildman–Crippen MR) is 97.4 cm³/mol. The molecule has 0 aromatic carbocycles. The number of hydrogen-bond acceptors (Lipinski definition) is 6. The number of anilines is 1. The molecule has 26 heavy (non-hydrogen) atoms. The summed E-state index contributed by atoms with van der Waals surface area (Å²) in [6.45, 7) is 1.89. The van der Waals surface area contributed by atoms with Gasteiger partial charge in [0.15, 0.2) is 5.82 Å². The summed E-state index contributed by atoms with van der Waals surface area (Å²) in [4.78, 5) is 32.1. The first kappa shape index (κ1) is 16.5. The molecule has 3 aromatic heterocycles. The molecule has 1 fully saturated rings. The standard InChI is InChI=1S/C17H15ClN6O2/c18-12-9-20-10-13-14(12)16(23-5-7-24(8-6-23)17(25)26)22-15(21-13)11-1-3-19-4-2-11/h1-4,9-10H,5-8H2,(H,25,26). The van der Waals surface area contributed by atoms with Crippen molar-refractivity contribution in [1.29, 1.82) is 0 Å². The molecule has 9 heteroatoms. The van der Waals surface area contributed by atoms with Gasteiger partial charge in [0, 0.05) is 50.3 Å². The molecular formula is C17H15ClN6O2. The number of halogens is 1. The molecular weight excluding hydrogens is 356 g/mol. The van der Waals surface area contributed by atoms with Gasteiger partial charge in [-0.15, -0.1) is 0 Å². The molecule has 1 aliphatic rings. The second-order valence-corrected chi connectivity index (χ2v) is 6.29. The van der Waals surface area contributed by atoms with Gasteiger partial charge in [-0.1, -0.05) is 11.6 Å². The monoisotopic (exact) mass is 370 g/mol. The minimum atomic E-state index is -0.906. The van der Waals surface area contributed by atoms with Gasteiger partial charge in [0.2, 0.25) is 0 Å². The van der Waals surface area contributed by atoms with Crippen LogP contribution in [0.1, 0.15) is 0 Å². The summed E-state index contributed by atoms with van der Waals surface area (Å²) >= 11 is 6.38. The van der Waals surface area contributed by atoms with E-state index >= 15 is 0 Å². The first-order valence-corrected chi connectivity index (χ1v) is 8.46. The van der Waals surface area contributed by atoms with Crippen molar-refractivity contribution in [3.05, 3.63) is 41.9 Å². The van der Waals surface area contributed by atoms with Crippen molar-refractivity contribution in [3.8, 4) is 11.4 Å². The Balaban J connectivity index is 1.81. The zero-order valence-corrected chi connectivity index (χ0v) is 14.5. The molecule has 3 aromatic rings. The van der Waals surface area contributed by atoms with Crippen molar-refractivity contribution in [2.75, 3.05) is 31.1 Å². The van der Waals surface area contributed by atoms with Gasteiger partial charge in [-0.25, -0.2) is 14.8 Å². The molecule has 1 amide bonds. The molecule has 0 aliphatic carbocycles. The number of aromatic nitrogens is 4. The van der Waals surface area contributed by atoms with E-state index in [-0.39, 0.29) is 0 Å². The van der Waals surface area contributed by atoms with E-state index in [2.05, 4.69) is 15.0 Å². The van der Waals surface area contributed by atoms with Crippen LogP contribution in [0.15, 0.2) is 36.9 Å². The lowest BCUT2D eigenvalue weighted by molar-refractivity contribution is 0.142. The summed E-state index contributed by atoms with van der Waals surface area (Å²) in [5.41, 5.74) is 1.49. The lowest BCUT2D eigenvalue weighted by Crippen LogP contribution is -2.48. The van der Waals surface area contributed by atoms with Gasteiger partial charge < -0.3 is 14.9 Å². The van der Waals surface area contributed by atoms with Gasteiger partial charge in [-0.05, 0) is 12.1 Å². The molecule has 4 rings (SSSR count).